The molecule has 0 aliphatic carbocycles. The molecule has 2 N–H and O–H groups in total. The summed E-state index contributed by atoms with van der Waals surface area (Å²) < 4.78 is 22.3. The Morgan fingerprint density at radius 3 is 2.52 bits per heavy atom. The van der Waals surface area contributed by atoms with E-state index in [1.165, 1.54) is 13.2 Å². The Labute approximate surface area is 119 Å². The average molecular weight is 299 g/mol. The van der Waals surface area contributed by atoms with Crippen LogP contribution in [0.3, 0.4) is 0 Å². The van der Waals surface area contributed by atoms with Crippen LogP contribution in [0.2, 0.25) is 0 Å². The molecule has 0 aliphatic heterocycles. The van der Waals surface area contributed by atoms with Gasteiger partial charge in [-0.15, -0.1) is 0 Å². The van der Waals surface area contributed by atoms with Gasteiger partial charge in [-0.05, 0) is 18.2 Å². The molecule has 0 spiro atoms. The van der Waals surface area contributed by atoms with Gasteiger partial charge in [0.25, 0.3) is 5.91 Å². The third kappa shape index (κ3) is 4.44. The zero-order valence-corrected chi connectivity index (χ0v) is 11.4. The van der Waals surface area contributed by atoms with Crippen LogP contribution in [0, 0.1) is 5.82 Å². The quantitative estimate of drug-likeness (QED) is 0.745. The van der Waals surface area contributed by atoms with E-state index in [4.69, 9.17) is 9.84 Å². The SMILES string of the molecule is COC(=O)C[C@H](NC(=O)c1ccc(F)c(OC)c1)C(=O)O. The van der Waals surface area contributed by atoms with Crippen molar-refractivity contribution < 1.29 is 33.4 Å². The number of nitrogens with one attached hydrogen (secondary N) is 1. The number of carbonyl (C=O) groups is 3. The summed E-state index contributed by atoms with van der Waals surface area (Å²) in [5, 5.41) is 11.1. The van der Waals surface area contributed by atoms with Crippen molar-refractivity contribution in [1.82, 2.24) is 5.32 Å². The molecule has 0 saturated carbocycles. The van der Waals surface area contributed by atoms with E-state index >= 15 is 0 Å². The van der Waals surface area contributed by atoms with Crippen molar-refractivity contribution in [3.63, 3.8) is 0 Å². The number of carboxylic acids is 1. The van der Waals surface area contributed by atoms with Crippen LogP contribution >= 0.6 is 0 Å². The minimum atomic E-state index is -1.44. The number of hydrogen-bond donors (Lipinski definition) is 2. The summed E-state index contributed by atoms with van der Waals surface area (Å²) in [5.74, 6) is -3.74. The van der Waals surface area contributed by atoms with Crippen molar-refractivity contribution in [2.24, 2.45) is 0 Å². The second-order valence-corrected chi connectivity index (χ2v) is 3.99. The number of methoxy groups -OCH3 is 2. The summed E-state index contributed by atoms with van der Waals surface area (Å²) in [5.41, 5.74) is 0.00404. The number of halogens is 1. The molecule has 0 fully saturated rings. The lowest BCUT2D eigenvalue weighted by Gasteiger charge is -2.13. The molecule has 0 bridgehead atoms. The molecule has 0 aliphatic rings. The first-order valence-corrected chi connectivity index (χ1v) is 5.83. The van der Waals surface area contributed by atoms with Crippen LogP contribution < -0.4 is 10.1 Å². The van der Waals surface area contributed by atoms with Crippen molar-refractivity contribution in [3.05, 3.63) is 29.6 Å². The Hall–Kier alpha value is -2.64. The van der Waals surface area contributed by atoms with Crippen LogP contribution in [0.15, 0.2) is 18.2 Å². The number of carboxylic acid groups (broad SMARTS) is 1. The molecule has 1 rings (SSSR count). The van der Waals surface area contributed by atoms with Crippen molar-refractivity contribution in [2.75, 3.05) is 14.2 Å². The zero-order valence-electron chi connectivity index (χ0n) is 11.4. The monoisotopic (exact) mass is 299 g/mol. The highest BCUT2D eigenvalue weighted by Crippen LogP contribution is 2.18. The number of esters is 1. The van der Waals surface area contributed by atoms with E-state index in [1.807, 2.05) is 0 Å². The van der Waals surface area contributed by atoms with E-state index in [0.29, 0.717) is 0 Å². The molecule has 0 saturated heterocycles. The van der Waals surface area contributed by atoms with Gasteiger partial charge in [-0.3, -0.25) is 9.59 Å². The van der Waals surface area contributed by atoms with Crippen molar-refractivity contribution in [2.45, 2.75) is 12.5 Å². The van der Waals surface area contributed by atoms with Gasteiger partial charge in [-0.25, -0.2) is 9.18 Å². The smallest absolute Gasteiger partial charge is 0.326 e. The first kappa shape index (κ1) is 16.4. The normalized spacial score (nSPS) is 11.4. The molecule has 1 aromatic carbocycles. The van der Waals surface area contributed by atoms with Crippen LogP contribution in [0.4, 0.5) is 4.39 Å². The fourth-order valence-electron chi connectivity index (χ4n) is 1.49. The largest absolute Gasteiger partial charge is 0.494 e. The van der Waals surface area contributed by atoms with Gasteiger partial charge in [-0.1, -0.05) is 0 Å². The van der Waals surface area contributed by atoms with E-state index in [0.717, 1.165) is 19.2 Å². The fraction of sp³-hybridized carbons (Fsp3) is 0.308. The highest BCUT2D eigenvalue weighted by atomic mass is 19.1. The number of ether oxygens (including phenoxy) is 2. The highest BCUT2D eigenvalue weighted by Gasteiger charge is 2.24. The molecule has 114 valence electrons. The van der Waals surface area contributed by atoms with E-state index in [-0.39, 0.29) is 11.3 Å². The van der Waals surface area contributed by atoms with Crippen LogP contribution in [-0.4, -0.2) is 43.2 Å². The van der Waals surface area contributed by atoms with Crippen LogP contribution in [-0.2, 0) is 14.3 Å². The van der Waals surface area contributed by atoms with Gasteiger partial charge in [0.05, 0.1) is 20.6 Å². The van der Waals surface area contributed by atoms with Gasteiger partial charge in [0.2, 0.25) is 0 Å². The molecule has 8 heteroatoms. The maximum atomic E-state index is 13.2. The van der Waals surface area contributed by atoms with Crippen molar-refractivity contribution >= 4 is 17.8 Å². The predicted molar refractivity (Wildman–Crippen MR) is 68.5 cm³/mol. The maximum Gasteiger partial charge on any atom is 0.326 e. The van der Waals surface area contributed by atoms with Gasteiger partial charge in [-0.2, -0.15) is 0 Å². The molecule has 0 heterocycles. The topological polar surface area (TPSA) is 102 Å². The highest BCUT2D eigenvalue weighted by molar-refractivity contribution is 5.97. The molecule has 1 aromatic rings. The Kier molecular flexibility index (Phi) is 5.65. The predicted octanol–water partition coefficient (Wildman–Crippen LogP) is 0.580. The van der Waals surface area contributed by atoms with E-state index in [9.17, 15) is 18.8 Å². The number of aliphatic carboxylic acids is 1. The van der Waals surface area contributed by atoms with Crippen LogP contribution in [0.1, 0.15) is 16.8 Å². The van der Waals surface area contributed by atoms with E-state index in [2.05, 4.69) is 10.1 Å². The summed E-state index contributed by atoms with van der Waals surface area (Å²) in [6.45, 7) is 0. The number of rotatable bonds is 6. The van der Waals surface area contributed by atoms with Crippen LogP contribution in [0.25, 0.3) is 0 Å². The summed E-state index contributed by atoms with van der Waals surface area (Å²) >= 11 is 0. The lowest BCUT2D eigenvalue weighted by Crippen LogP contribution is -2.42. The minimum Gasteiger partial charge on any atom is -0.494 e. The maximum absolute atomic E-state index is 13.2. The summed E-state index contributed by atoms with van der Waals surface area (Å²) in [7, 11) is 2.34. The van der Waals surface area contributed by atoms with E-state index in [1.54, 1.807) is 0 Å². The molecule has 1 amide bonds. The second kappa shape index (κ2) is 7.22. The Morgan fingerprint density at radius 2 is 2.00 bits per heavy atom. The van der Waals surface area contributed by atoms with Crippen LogP contribution in [0.5, 0.6) is 5.75 Å². The minimum absolute atomic E-state index is 0.00404. The van der Waals surface area contributed by atoms with E-state index < -0.39 is 36.1 Å². The first-order valence-electron chi connectivity index (χ1n) is 5.83. The summed E-state index contributed by atoms with van der Waals surface area (Å²) in [4.78, 5) is 34.0. The molecule has 0 unspecified atom stereocenters. The molecular formula is C13H14FNO6. The second-order valence-electron chi connectivity index (χ2n) is 3.99. The lowest BCUT2D eigenvalue weighted by atomic mass is 10.1. The van der Waals surface area contributed by atoms with Gasteiger partial charge in [0.1, 0.15) is 6.04 Å². The lowest BCUT2D eigenvalue weighted by molar-refractivity contribution is -0.147. The standard InChI is InChI=1S/C13H14FNO6/c1-20-10-5-7(3-4-8(10)14)12(17)15-9(13(18)19)6-11(16)21-2/h3-5,9H,6H2,1-2H3,(H,15,17)(H,18,19)/t9-/m0/s1. The summed E-state index contributed by atoms with van der Waals surface area (Å²) in [6, 6.07) is 1.87. The van der Waals surface area contributed by atoms with Crippen molar-refractivity contribution in [1.29, 1.82) is 0 Å². The molecule has 7 nitrogen and oxygen atoms in total. The van der Waals surface area contributed by atoms with Gasteiger partial charge in [0.15, 0.2) is 11.6 Å². The number of benzene rings is 1. The van der Waals surface area contributed by atoms with Crippen molar-refractivity contribution in [3.8, 4) is 5.75 Å². The number of amides is 1. The fourth-order valence-corrected chi connectivity index (χ4v) is 1.49. The first-order chi connectivity index (χ1) is 9.88. The Morgan fingerprint density at radius 1 is 1.33 bits per heavy atom. The molecule has 0 aromatic heterocycles. The summed E-state index contributed by atoms with van der Waals surface area (Å²) in [6.07, 6.45) is -0.518. The average Bonchev–Trinajstić information content (AvgIpc) is 2.46. The third-order valence-corrected chi connectivity index (χ3v) is 2.62. The van der Waals surface area contributed by atoms with Gasteiger partial charge in [0, 0.05) is 5.56 Å². The molecule has 21 heavy (non-hydrogen) atoms. The number of hydrogen-bond acceptors (Lipinski definition) is 5. The third-order valence-electron chi connectivity index (χ3n) is 2.62. The Balaban J connectivity index is 2.87. The van der Waals surface area contributed by atoms with Gasteiger partial charge < -0.3 is 19.9 Å². The molecule has 0 radical (unpaired) electrons. The molecular weight excluding hydrogens is 285 g/mol. The molecule has 1 atom stereocenters. The van der Waals surface area contributed by atoms with Gasteiger partial charge >= 0.3 is 11.9 Å². The Bertz CT molecular complexity index is 560. The zero-order chi connectivity index (χ0) is 16.0. The number of carbonyl (C=O) groups excluding carboxylic acids is 2.